The van der Waals surface area contributed by atoms with Gasteiger partial charge in [0, 0.05) is 19.1 Å². The molecule has 20 heavy (non-hydrogen) atoms. The van der Waals surface area contributed by atoms with E-state index in [-0.39, 0.29) is 12.3 Å². The molecule has 1 N–H and O–H groups in total. The second-order valence-corrected chi connectivity index (χ2v) is 4.23. The number of benzene rings is 1. The lowest BCUT2D eigenvalue weighted by molar-refractivity contribution is -0.384. The number of esters is 1. The molecule has 1 aliphatic rings. The summed E-state index contributed by atoms with van der Waals surface area (Å²) in [6, 6.07) is 5.13. The normalized spacial score (nSPS) is 20.9. The summed E-state index contributed by atoms with van der Waals surface area (Å²) in [5, 5.41) is 13.1. The zero-order valence-electron chi connectivity index (χ0n) is 10.6. The van der Waals surface area contributed by atoms with Crippen molar-refractivity contribution in [2.75, 3.05) is 6.61 Å². The minimum Gasteiger partial charge on any atom is -0.464 e. The van der Waals surface area contributed by atoms with Crippen LogP contribution in [0.5, 0.6) is 0 Å². The van der Waals surface area contributed by atoms with Crippen LogP contribution in [0.3, 0.4) is 0 Å². The standard InChI is InChI=1S/C12H12N2O6/c1-7(15)19-6-10-11(20-12(16)13-10)8-2-4-9(5-3-8)14(17)18/h2-5,10-11H,6H2,1H3,(H,13,16)/t10-,11-/m0/s1. The van der Waals surface area contributed by atoms with Gasteiger partial charge in [-0.15, -0.1) is 0 Å². The summed E-state index contributed by atoms with van der Waals surface area (Å²) in [5.41, 5.74) is 0.536. The summed E-state index contributed by atoms with van der Waals surface area (Å²) in [7, 11) is 0. The van der Waals surface area contributed by atoms with Gasteiger partial charge in [-0.05, 0) is 17.7 Å². The number of nitro groups is 1. The van der Waals surface area contributed by atoms with Gasteiger partial charge in [-0.2, -0.15) is 0 Å². The van der Waals surface area contributed by atoms with Crippen LogP contribution in [-0.4, -0.2) is 29.6 Å². The fraction of sp³-hybridized carbons (Fsp3) is 0.333. The van der Waals surface area contributed by atoms with E-state index in [1.54, 1.807) is 0 Å². The van der Waals surface area contributed by atoms with Gasteiger partial charge in [0.2, 0.25) is 0 Å². The Hall–Kier alpha value is -2.64. The number of ether oxygens (including phenoxy) is 2. The maximum absolute atomic E-state index is 11.3. The largest absolute Gasteiger partial charge is 0.464 e. The van der Waals surface area contributed by atoms with Crippen LogP contribution in [0.2, 0.25) is 0 Å². The van der Waals surface area contributed by atoms with E-state index in [1.807, 2.05) is 0 Å². The third-order valence-electron chi connectivity index (χ3n) is 2.80. The first-order valence-corrected chi connectivity index (χ1v) is 5.82. The molecule has 0 radical (unpaired) electrons. The van der Waals surface area contributed by atoms with E-state index < -0.39 is 29.1 Å². The second-order valence-electron chi connectivity index (χ2n) is 4.23. The van der Waals surface area contributed by atoms with Gasteiger partial charge >= 0.3 is 12.1 Å². The molecule has 1 aromatic rings. The average Bonchev–Trinajstić information content (AvgIpc) is 2.77. The number of amides is 1. The zero-order valence-corrected chi connectivity index (χ0v) is 10.6. The predicted molar refractivity (Wildman–Crippen MR) is 65.9 cm³/mol. The Morgan fingerprint density at radius 3 is 2.65 bits per heavy atom. The number of nitrogens with one attached hydrogen (secondary N) is 1. The van der Waals surface area contributed by atoms with E-state index in [0.29, 0.717) is 5.56 Å². The molecule has 0 unspecified atom stereocenters. The average molecular weight is 280 g/mol. The molecule has 0 bridgehead atoms. The van der Waals surface area contributed by atoms with Gasteiger partial charge in [0.25, 0.3) is 5.69 Å². The van der Waals surface area contributed by atoms with Crippen LogP contribution in [0, 0.1) is 10.1 Å². The molecule has 1 amide bonds. The van der Waals surface area contributed by atoms with Gasteiger partial charge in [-0.25, -0.2) is 4.79 Å². The number of non-ortho nitro benzene ring substituents is 1. The number of alkyl carbamates (subject to hydrolysis) is 1. The van der Waals surface area contributed by atoms with Crippen LogP contribution in [-0.2, 0) is 14.3 Å². The zero-order chi connectivity index (χ0) is 14.7. The minimum atomic E-state index is -0.650. The van der Waals surface area contributed by atoms with E-state index in [0.717, 1.165) is 0 Å². The summed E-state index contributed by atoms with van der Waals surface area (Å²) in [5.74, 6) is -0.464. The first-order chi connectivity index (χ1) is 9.47. The van der Waals surface area contributed by atoms with Crippen LogP contribution in [0.4, 0.5) is 10.5 Å². The maximum Gasteiger partial charge on any atom is 0.408 e. The molecule has 1 saturated heterocycles. The molecular formula is C12H12N2O6. The lowest BCUT2D eigenvalue weighted by atomic mass is 10.0. The van der Waals surface area contributed by atoms with Crippen molar-refractivity contribution in [3.05, 3.63) is 39.9 Å². The van der Waals surface area contributed by atoms with Gasteiger partial charge in [-0.1, -0.05) is 0 Å². The highest BCUT2D eigenvalue weighted by Gasteiger charge is 2.36. The third kappa shape index (κ3) is 3.02. The third-order valence-corrected chi connectivity index (χ3v) is 2.80. The van der Waals surface area contributed by atoms with E-state index >= 15 is 0 Å². The fourth-order valence-corrected chi connectivity index (χ4v) is 1.88. The Balaban J connectivity index is 2.13. The Morgan fingerprint density at radius 1 is 1.45 bits per heavy atom. The van der Waals surface area contributed by atoms with Crippen molar-refractivity contribution in [3.63, 3.8) is 0 Å². The first-order valence-electron chi connectivity index (χ1n) is 5.82. The maximum atomic E-state index is 11.3. The summed E-state index contributed by atoms with van der Waals surface area (Å²) in [4.78, 5) is 32.1. The number of cyclic esters (lactones) is 1. The van der Waals surface area contributed by atoms with Crippen LogP contribution in [0.25, 0.3) is 0 Å². The molecule has 1 aliphatic heterocycles. The van der Waals surface area contributed by atoms with E-state index in [9.17, 15) is 19.7 Å². The van der Waals surface area contributed by atoms with Crippen molar-refractivity contribution in [2.45, 2.75) is 19.1 Å². The van der Waals surface area contributed by atoms with E-state index in [1.165, 1.54) is 31.2 Å². The topological polar surface area (TPSA) is 108 Å². The highest BCUT2D eigenvalue weighted by atomic mass is 16.6. The molecule has 0 aliphatic carbocycles. The van der Waals surface area contributed by atoms with Gasteiger partial charge in [0.05, 0.1) is 4.92 Å². The highest BCUT2D eigenvalue weighted by molar-refractivity contribution is 5.71. The molecular weight excluding hydrogens is 268 g/mol. The smallest absolute Gasteiger partial charge is 0.408 e. The van der Waals surface area contributed by atoms with Crippen LogP contribution >= 0.6 is 0 Å². The number of nitro benzene ring substituents is 1. The number of rotatable bonds is 4. The Bertz CT molecular complexity index is 541. The van der Waals surface area contributed by atoms with Crippen LogP contribution in [0.1, 0.15) is 18.6 Å². The number of carbonyl (C=O) groups is 2. The SMILES string of the molecule is CC(=O)OC[C@@H]1NC(=O)O[C@H]1c1ccc([N+](=O)[O-])cc1. The molecule has 1 fully saturated rings. The summed E-state index contributed by atoms with van der Waals surface area (Å²) in [6.45, 7) is 1.24. The molecule has 2 atom stereocenters. The second kappa shape index (κ2) is 5.55. The lowest BCUT2D eigenvalue weighted by Gasteiger charge is -2.16. The summed E-state index contributed by atoms with van der Waals surface area (Å²) >= 11 is 0. The Morgan fingerprint density at radius 2 is 2.10 bits per heavy atom. The molecule has 1 aromatic carbocycles. The van der Waals surface area contributed by atoms with Crippen LogP contribution < -0.4 is 5.32 Å². The number of carbonyl (C=O) groups excluding carboxylic acids is 2. The van der Waals surface area contributed by atoms with Gasteiger partial charge in [0.1, 0.15) is 12.6 Å². The minimum absolute atomic E-state index is 0.0251. The van der Waals surface area contributed by atoms with E-state index in [2.05, 4.69) is 5.32 Å². The van der Waals surface area contributed by atoms with Crippen molar-refractivity contribution in [1.82, 2.24) is 5.32 Å². The van der Waals surface area contributed by atoms with Crippen molar-refractivity contribution < 1.29 is 24.0 Å². The quantitative estimate of drug-likeness (QED) is 0.506. The Kier molecular flexibility index (Phi) is 3.83. The van der Waals surface area contributed by atoms with Crippen LogP contribution in [0.15, 0.2) is 24.3 Å². The summed E-state index contributed by atoms with van der Waals surface area (Å²) in [6.07, 6.45) is -1.27. The Labute approximate surface area is 113 Å². The lowest BCUT2D eigenvalue weighted by Crippen LogP contribution is -2.33. The number of hydrogen-bond donors (Lipinski definition) is 1. The molecule has 0 aromatic heterocycles. The van der Waals surface area contributed by atoms with Crippen molar-refractivity contribution in [3.8, 4) is 0 Å². The molecule has 1 heterocycles. The first kappa shape index (κ1) is 13.8. The number of hydrogen-bond acceptors (Lipinski definition) is 6. The van der Waals surface area contributed by atoms with Gasteiger partial charge in [0.15, 0.2) is 6.10 Å². The van der Waals surface area contributed by atoms with Crippen molar-refractivity contribution >= 4 is 17.7 Å². The van der Waals surface area contributed by atoms with Crippen molar-refractivity contribution in [2.24, 2.45) is 0 Å². The predicted octanol–water partition coefficient (Wildman–Crippen LogP) is 1.31. The van der Waals surface area contributed by atoms with Crippen molar-refractivity contribution in [1.29, 1.82) is 0 Å². The molecule has 8 nitrogen and oxygen atoms in total. The van der Waals surface area contributed by atoms with Gasteiger partial charge in [-0.3, -0.25) is 14.9 Å². The molecule has 2 rings (SSSR count). The van der Waals surface area contributed by atoms with Gasteiger partial charge < -0.3 is 14.8 Å². The molecule has 0 saturated carbocycles. The number of nitrogens with zero attached hydrogens (tertiary/aromatic N) is 1. The highest BCUT2D eigenvalue weighted by Crippen LogP contribution is 2.28. The summed E-state index contributed by atoms with van der Waals surface area (Å²) < 4.78 is 9.93. The van der Waals surface area contributed by atoms with E-state index in [4.69, 9.17) is 9.47 Å². The molecule has 8 heteroatoms. The molecule has 106 valence electrons. The monoisotopic (exact) mass is 280 g/mol. The molecule has 0 spiro atoms. The fourth-order valence-electron chi connectivity index (χ4n) is 1.88.